The number of aryl methyl sites for hydroxylation is 1. The molecule has 1 aliphatic rings. The zero-order chi connectivity index (χ0) is 24.2. The van der Waals surface area contributed by atoms with Crippen LogP contribution in [-0.2, 0) is 18.2 Å². The van der Waals surface area contributed by atoms with E-state index in [0.29, 0.717) is 59.9 Å². The molecule has 3 heterocycles. The van der Waals surface area contributed by atoms with Gasteiger partial charge in [-0.05, 0) is 37.6 Å². The first-order valence-corrected chi connectivity index (χ1v) is 11.7. The van der Waals surface area contributed by atoms with Gasteiger partial charge < -0.3 is 19.7 Å². The van der Waals surface area contributed by atoms with Crippen molar-refractivity contribution in [2.45, 2.75) is 32.4 Å². The van der Waals surface area contributed by atoms with Crippen molar-refractivity contribution in [3.8, 4) is 17.0 Å². The lowest BCUT2D eigenvalue weighted by molar-refractivity contribution is 0.0718. The van der Waals surface area contributed by atoms with E-state index in [2.05, 4.69) is 20.2 Å². The van der Waals surface area contributed by atoms with Crippen molar-refractivity contribution in [1.29, 1.82) is 0 Å². The van der Waals surface area contributed by atoms with Crippen LogP contribution < -0.4 is 20.5 Å². The lowest BCUT2D eigenvalue weighted by Gasteiger charge is -2.24. The fourth-order valence-electron chi connectivity index (χ4n) is 4.20. The van der Waals surface area contributed by atoms with Crippen LogP contribution in [0.5, 0.6) is 5.75 Å². The van der Waals surface area contributed by atoms with Crippen molar-refractivity contribution >= 4 is 23.4 Å². The van der Waals surface area contributed by atoms with E-state index in [9.17, 15) is 4.79 Å². The third-order valence-corrected chi connectivity index (χ3v) is 6.25. The lowest BCUT2D eigenvalue weighted by atomic mass is 10.1. The fourth-order valence-corrected chi connectivity index (χ4v) is 4.46. The van der Waals surface area contributed by atoms with Crippen LogP contribution >= 0.6 is 11.6 Å². The first-order chi connectivity index (χ1) is 16.5. The topological polar surface area (TPSA) is 94.4 Å². The summed E-state index contributed by atoms with van der Waals surface area (Å²) < 4.78 is 12.8. The molecule has 4 rings (SSSR count). The maximum atomic E-state index is 13.3. The fraction of sp³-hybridized carbons (Fsp3) is 0.417. The number of hydrogen-bond acceptors (Lipinski definition) is 8. The van der Waals surface area contributed by atoms with Crippen molar-refractivity contribution in [2.24, 2.45) is 7.05 Å². The molecular weight excluding hydrogens is 456 g/mol. The number of methoxy groups -OCH3 is 1. The number of anilines is 2. The average Bonchev–Trinajstić information content (AvgIpc) is 3.25. The second kappa shape index (κ2) is 10.4. The summed E-state index contributed by atoms with van der Waals surface area (Å²) in [4.78, 5) is 28.9. The summed E-state index contributed by atoms with van der Waals surface area (Å²) in [6.45, 7) is 5.85. The quantitative estimate of drug-likeness (QED) is 0.521. The van der Waals surface area contributed by atoms with Crippen LogP contribution in [0, 0.1) is 0 Å². The zero-order valence-electron chi connectivity index (χ0n) is 19.8. The van der Waals surface area contributed by atoms with Gasteiger partial charge in [-0.1, -0.05) is 18.5 Å². The minimum atomic E-state index is -0.235. The molecular formula is C24H29ClN6O3. The zero-order valence-corrected chi connectivity index (χ0v) is 20.5. The number of hydrogen-bond donors (Lipinski definition) is 1. The third-order valence-electron chi connectivity index (χ3n) is 5.93. The van der Waals surface area contributed by atoms with Crippen molar-refractivity contribution in [1.82, 2.24) is 19.5 Å². The van der Waals surface area contributed by atoms with Gasteiger partial charge in [-0.3, -0.25) is 9.36 Å². The van der Waals surface area contributed by atoms with Crippen LogP contribution in [0.4, 0.5) is 11.8 Å². The maximum absolute atomic E-state index is 13.3. The van der Waals surface area contributed by atoms with Crippen LogP contribution in [0.2, 0.25) is 5.02 Å². The van der Waals surface area contributed by atoms with Crippen LogP contribution in [0.1, 0.15) is 19.5 Å². The van der Waals surface area contributed by atoms with Gasteiger partial charge in [0.2, 0.25) is 5.95 Å². The van der Waals surface area contributed by atoms with Gasteiger partial charge in [-0.15, -0.1) is 0 Å². The van der Waals surface area contributed by atoms with Gasteiger partial charge in [0.1, 0.15) is 17.3 Å². The maximum Gasteiger partial charge on any atom is 0.278 e. The van der Waals surface area contributed by atoms with E-state index in [0.717, 1.165) is 5.69 Å². The second-order valence-corrected chi connectivity index (χ2v) is 8.42. The Balaban J connectivity index is 1.68. The normalized spacial score (nSPS) is 17.7. The molecule has 0 saturated carbocycles. The van der Waals surface area contributed by atoms with Crippen LogP contribution in [-0.4, -0.2) is 58.5 Å². The molecule has 180 valence electrons. The van der Waals surface area contributed by atoms with E-state index < -0.39 is 0 Å². The minimum absolute atomic E-state index is 0.0723. The van der Waals surface area contributed by atoms with Crippen molar-refractivity contribution in [3.05, 3.63) is 57.7 Å². The smallest absolute Gasteiger partial charge is 0.278 e. The molecule has 2 aromatic heterocycles. The van der Waals surface area contributed by atoms with Gasteiger partial charge in [-0.25, -0.2) is 15.0 Å². The van der Waals surface area contributed by atoms with Crippen molar-refractivity contribution in [2.75, 3.05) is 37.0 Å². The molecule has 0 bridgehead atoms. The molecule has 0 aliphatic carbocycles. The summed E-state index contributed by atoms with van der Waals surface area (Å²) in [5.41, 5.74) is 1.42. The number of halogens is 1. The number of benzene rings is 1. The first kappa shape index (κ1) is 24.0. The van der Waals surface area contributed by atoms with Gasteiger partial charge in [0.05, 0.1) is 30.0 Å². The largest absolute Gasteiger partial charge is 0.497 e. The Bertz CT molecular complexity index is 1200. The molecule has 34 heavy (non-hydrogen) atoms. The molecule has 1 aromatic carbocycles. The molecule has 1 fully saturated rings. The predicted molar refractivity (Wildman–Crippen MR) is 133 cm³/mol. The second-order valence-electron chi connectivity index (χ2n) is 8.02. The molecule has 1 saturated heterocycles. The highest BCUT2D eigenvalue weighted by molar-refractivity contribution is 6.33. The van der Waals surface area contributed by atoms with Gasteiger partial charge in [0.25, 0.3) is 5.56 Å². The standard InChI is InChI=1S/C24H29ClN6O3/c1-5-18-22(29-19-13-31(14-20(19)34-6-2)24-26-10-7-11-27-24)30(3)23(32)21(28-18)16-9-8-15(33-4)12-17(16)25/h7-12,19-20,29H,5-6,13-14H2,1-4H3/t19-,20+/m1/s1. The van der Waals surface area contributed by atoms with Crippen molar-refractivity contribution in [3.63, 3.8) is 0 Å². The van der Waals surface area contributed by atoms with Gasteiger partial charge in [0, 0.05) is 44.7 Å². The molecule has 9 nitrogen and oxygen atoms in total. The number of ether oxygens (including phenoxy) is 2. The molecule has 0 radical (unpaired) electrons. The summed E-state index contributed by atoms with van der Waals surface area (Å²) in [6, 6.07) is 6.93. The van der Waals surface area contributed by atoms with E-state index in [4.69, 9.17) is 26.1 Å². The summed E-state index contributed by atoms with van der Waals surface area (Å²) >= 11 is 6.45. The van der Waals surface area contributed by atoms with E-state index in [1.54, 1.807) is 55.4 Å². The molecule has 0 spiro atoms. The van der Waals surface area contributed by atoms with E-state index in [1.165, 1.54) is 0 Å². The van der Waals surface area contributed by atoms with E-state index in [-0.39, 0.29) is 17.7 Å². The number of aromatic nitrogens is 4. The molecule has 1 aliphatic heterocycles. The Morgan fingerprint density at radius 3 is 2.62 bits per heavy atom. The summed E-state index contributed by atoms with van der Waals surface area (Å²) in [6.07, 6.45) is 3.99. The monoisotopic (exact) mass is 484 g/mol. The van der Waals surface area contributed by atoms with Crippen LogP contribution in [0.15, 0.2) is 41.5 Å². The first-order valence-electron chi connectivity index (χ1n) is 11.3. The predicted octanol–water partition coefficient (Wildman–Crippen LogP) is 3.17. The third kappa shape index (κ3) is 4.71. The number of rotatable bonds is 8. The summed E-state index contributed by atoms with van der Waals surface area (Å²) in [5, 5.41) is 3.96. The van der Waals surface area contributed by atoms with E-state index in [1.807, 2.05) is 13.8 Å². The lowest BCUT2D eigenvalue weighted by Crippen LogP contribution is -2.37. The summed E-state index contributed by atoms with van der Waals surface area (Å²) in [5.74, 6) is 1.95. The number of nitrogens with one attached hydrogen (secondary N) is 1. The Kier molecular flexibility index (Phi) is 7.33. The Morgan fingerprint density at radius 1 is 1.21 bits per heavy atom. The SMILES string of the molecule is CCO[C@H]1CN(c2ncccn2)C[C@H]1Nc1c(CC)nc(-c2ccc(OC)cc2Cl)c(=O)n1C. The van der Waals surface area contributed by atoms with Gasteiger partial charge in [-0.2, -0.15) is 0 Å². The Morgan fingerprint density at radius 2 is 1.97 bits per heavy atom. The summed E-state index contributed by atoms with van der Waals surface area (Å²) in [7, 11) is 3.32. The Hall–Kier alpha value is -3.17. The number of nitrogens with zero attached hydrogens (tertiary/aromatic N) is 5. The van der Waals surface area contributed by atoms with Gasteiger partial charge >= 0.3 is 0 Å². The van der Waals surface area contributed by atoms with Crippen LogP contribution in [0.3, 0.4) is 0 Å². The molecule has 0 unspecified atom stereocenters. The van der Waals surface area contributed by atoms with Gasteiger partial charge in [0.15, 0.2) is 0 Å². The molecule has 2 atom stereocenters. The van der Waals surface area contributed by atoms with Crippen LogP contribution in [0.25, 0.3) is 11.3 Å². The highest BCUT2D eigenvalue weighted by Gasteiger charge is 2.35. The molecule has 0 amide bonds. The molecule has 1 N–H and O–H groups in total. The molecule has 3 aromatic rings. The Labute approximate surface area is 203 Å². The highest BCUT2D eigenvalue weighted by Crippen LogP contribution is 2.30. The average molecular weight is 485 g/mol. The highest BCUT2D eigenvalue weighted by atomic mass is 35.5. The van der Waals surface area contributed by atoms with Crippen molar-refractivity contribution < 1.29 is 9.47 Å². The molecule has 10 heteroatoms. The van der Waals surface area contributed by atoms with E-state index >= 15 is 0 Å². The minimum Gasteiger partial charge on any atom is -0.497 e.